The van der Waals surface area contributed by atoms with Crippen LogP contribution in [0.2, 0.25) is 0 Å². The van der Waals surface area contributed by atoms with E-state index in [0.29, 0.717) is 0 Å². The van der Waals surface area contributed by atoms with Crippen molar-refractivity contribution in [3.05, 3.63) is 35.8 Å². The molecule has 0 heterocycles. The van der Waals surface area contributed by atoms with Crippen LogP contribution in [0, 0.1) is 0 Å². The number of hydrogen-bond donors (Lipinski definition) is 1. The molecule has 0 radical (unpaired) electrons. The highest BCUT2D eigenvalue weighted by Gasteiger charge is 1.97. The van der Waals surface area contributed by atoms with Crippen molar-refractivity contribution in [1.82, 2.24) is 5.32 Å². The first kappa shape index (κ1) is 2.60. The van der Waals surface area contributed by atoms with Crippen molar-refractivity contribution in [3.63, 3.8) is 0 Å². The number of nitrogens with one attached hydrogen (secondary N) is 1. The van der Waals surface area contributed by atoms with Gasteiger partial charge in [0.15, 0.2) is 0 Å². The van der Waals surface area contributed by atoms with Crippen LogP contribution in [-0.4, -0.2) is 13.1 Å². The minimum Gasteiger partial charge on any atom is -0.317 e. The van der Waals surface area contributed by atoms with Crippen molar-refractivity contribution in [2.24, 2.45) is 0 Å². The molecule has 1 rings (SSSR count). The number of benzene rings is 1. The Hall–Kier alpha value is -0.820. The quantitative estimate of drug-likeness (QED) is 0.706. The van der Waals surface area contributed by atoms with Crippen LogP contribution >= 0.6 is 0 Å². The molecule has 11 heavy (non-hydrogen) atoms. The third-order valence-electron chi connectivity index (χ3n) is 1.31. The maximum atomic E-state index is 7.72. The first-order chi connectivity index (χ1) is 8.61. The lowest BCUT2D eigenvalue weighted by atomic mass is 10.1. The largest absolute Gasteiger partial charge is 0.317 e. The summed E-state index contributed by atoms with van der Waals surface area (Å²) >= 11 is 0. The van der Waals surface area contributed by atoms with Gasteiger partial charge in [0, 0.05) is 10.2 Å². The molecule has 0 bridgehead atoms. The summed E-state index contributed by atoms with van der Waals surface area (Å²) in [4.78, 5) is 0. The average molecular weight is 157 g/mol. The van der Waals surface area contributed by atoms with E-state index >= 15 is 0 Å². The Morgan fingerprint density at radius 1 is 1.55 bits per heavy atom. The van der Waals surface area contributed by atoms with Gasteiger partial charge in [0.1, 0.15) is 0 Å². The van der Waals surface area contributed by atoms with Crippen LogP contribution in [0.4, 0.5) is 0 Å². The van der Waals surface area contributed by atoms with Crippen molar-refractivity contribution >= 4 is 0 Å². The summed E-state index contributed by atoms with van der Waals surface area (Å²) in [6.45, 7) is -2.31. The summed E-state index contributed by atoms with van der Waals surface area (Å²) in [5, 5.41) is 2.60. The third-order valence-corrected chi connectivity index (χ3v) is 1.31. The van der Waals surface area contributed by atoms with Crippen LogP contribution in [0.5, 0.6) is 0 Å². The van der Waals surface area contributed by atoms with E-state index in [1.165, 1.54) is 7.05 Å². The van der Waals surface area contributed by atoms with Gasteiger partial charge >= 0.3 is 0 Å². The van der Waals surface area contributed by atoms with Crippen molar-refractivity contribution in [3.8, 4) is 0 Å². The Labute approximate surface area is 79.7 Å². The molecule has 0 saturated carbocycles. The monoisotopic (exact) mass is 157 g/mol. The van der Waals surface area contributed by atoms with E-state index in [0.717, 1.165) is 0 Å². The van der Waals surface area contributed by atoms with E-state index in [9.17, 15) is 0 Å². The maximum Gasteiger partial charge on any atom is 0.0626 e. The van der Waals surface area contributed by atoms with Gasteiger partial charge < -0.3 is 5.32 Å². The average Bonchev–Trinajstić information content (AvgIpc) is 2.32. The van der Waals surface area contributed by atoms with Gasteiger partial charge in [-0.15, -0.1) is 0 Å². The van der Waals surface area contributed by atoms with Crippen molar-refractivity contribution in [2.75, 3.05) is 7.05 Å². The summed E-state index contributed by atoms with van der Waals surface area (Å²) in [6, 6.07) is -3.04. The number of rotatable bonds is 3. The zero-order valence-electron chi connectivity index (χ0n) is 14.3. The second-order valence-electron chi connectivity index (χ2n) is 2.15. The maximum absolute atomic E-state index is 7.72. The molecule has 0 amide bonds. The molecule has 0 aromatic heterocycles. The number of hydrogen-bond acceptors (Lipinski definition) is 1. The molecule has 1 aromatic rings. The SMILES string of the molecule is [2H]c1c([2H])c([2H])c(C[C@@H](NC)C([2H])([2H])[2H])c([2H])c1[2H]. The molecule has 1 heteroatoms. The Morgan fingerprint density at radius 3 is 2.82 bits per heavy atom. The van der Waals surface area contributed by atoms with Crippen LogP contribution in [0.1, 0.15) is 23.4 Å². The predicted octanol–water partition coefficient (Wildman–Crippen LogP) is 1.84. The molecule has 0 aliphatic heterocycles. The van der Waals surface area contributed by atoms with Crippen molar-refractivity contribution in [1.29, 1.82) is 0 Å². The van der Waals surface area contributed by atoms with Crippen LogP contribution in [0.15, 0.2) is 30.2 Å². The Morgan fingerprint density at radius 2 is 2.27 bits per heavy atom. The molecule has 0 aliphatic carbocycles. The van der Waals surface area contributed by atoms with Crippen LogP contribution < -0.4 is 5.32 Å². The van der Waals surface area contributed by atoms with Crippen LogP contribution in [0.25, 0.3) is 0 Å². The Kier molecular flexibility index (Phi) is 0.977. The van der Waals surface area contributed by atoms with Crippen molar-refractivity contribution in [2.45, 2.75) is 19.3 Å². The zero-order valence-corrected chi connectivity index (χ0v) is 6.28. The number of likely N-dealkylation sites (N-methyl/N-ethyl adjacent to an activating group) is 1. The van der Waals surface area contributed by atoms with Gasteiger partial charge in [0.25, 0.3) is 0 Å². The van der Waals surface area contributed by atoms with Gasteiger partial charge in [-0.05, 0) is 25.9 Å². The Balaban J connectivity index is 3.29. The summed E-state index contributed by atoms with van der Waals surface area (Å²) in [5.74, 6) is 0. The summed E-state index contributed by atoms with van der Waals surface area (Å²) in [5.41, 5.74) is 0.0153. The second kappa shape index (κ2) is 4.14. The van der Waals surface area contributed by atoms with E-state index in [2.05, 4.69) is 5.32 Å². The first-order valence-corrected chi connectivity index (χ1v) is 3.34. The highest BCUT2D eigenvalue weighted by molar-refractivity contribution is 5.15. The standard InChI is InChI=1S/C10H15N/c1-9(11-2)8-10-6-4-3-5-7-10/h3-7,9,11H,8H2,1-2H3/t9-/m0/s1/i1D3,3D,4D,5D,6D,7D. The van der Waals surface area contributed by atoms with Crippen LogP contribution in [-0.2, 0) is 6.42 Å². The summed E-state index contributed by atoms with van der Waals surface area (Å²) in [7, 11) is 1.46. The molecule has 1 atom stereocenters. The third kappa shape index (κ3) is 2.72. The molecule has 0 aliphatic rings. The fraction of sp³-hybridized carbons (Fsp3) is 0.400. The topological polar surface area (TPSA) is 12.0 Å². The van der Waals surface area contributed by atoms with Gasteiger partial charge in [0.05, 0.1) is 6.85 Å². The predicted molar refractivity (Wildman–Crippen MR) is 48.7 cm³/mol. The molecule has 1 aromatic carbocycles. The van der Waals surface area contributed by atoms with Crippen molar-refractivity contribution < 1.29 is 11.0 Å². The highest BCUT2D eigenvalue weighted by atomic mass is 14.8. The second-order valence-corrected chi connectivity index (χ2v) is 2.15. The Bertz CT molecular complexity index is 452. The van der Waals surface area contributed by atoms with Gasteiger partial charge in [-0.25, -0.2) is 0 Å². The zero-order chi connectivity index (χ0) is 15.0. The molecule has 1 N–H and O–H groups in total. The lowest BCUT2D eigenvalue weighted by molar-refractivity contribution is 0.608. The fourth-order valence-electron chi connectivity index (χ4n) is 0.684. The van der Waals surface area contributed by atoms with E-state index in [1.807, 2.05) is 0 Å². The van der Waals surface area contributed by atoms with E-state index < -0.39 is 31.0 Å². The molecular formula is C10H15N. The van der Waals surface area contributed by atoms with E-state index in [1.54, 1.807) is 0 Å². The first-order valence-electron chi connectivity index (χ1n) is 7.34. The molecule has 0 saturated heterocycles. The smallest absolute Gasteiger partial charge is 0.0626 e. The molecular weight excluding hydrogens is 134 g/mol. The summed E-state index contributed by atoms with van der Waals surface area (Å²) < 4.78 is 60.0. The fourth-order valence-corrected chi connectivity index (χ4v) is 0.684. The molecule has 0 spiro atoms. The molecule has 1 nitrogen and oxygen atoms in total. The minimum absolute atomic E-state index is 0.0153. The normalized spacial score (nSPS) is 24.5. The van der Waals surface area contributed by atoms with Gasteiger partial charge in [0.2, 0.25) is 0 Å². The summed E-state index contributed by atoms with van der Waals surface area (Å²) in [6.07, 6.45) is -0.150. The van der Waals surface area contributed by atoms with Gasteiger partial charge in [-0.2, -0.15) is 0 Å². The molecule has 0 unspecified atom stereocenters. The molecule has 60 valence electrons. The molecule has 0 fully saturated rings. The van der Waals surface area contributed by atoms with Crippen LogP contribution in [0.3, 0.4) is 0 Å². The minimum atomic E-state index is -2.31. The van der Waals surface area contributed by atoms with Gasteiger partial charge in [-0.1, -0.05) is 30.2 Å². The highest BCUT2D eigenvalue weighted by Crippen LogP contribution is 2.01. The lowest BCUT2D eigenvalue weighted by Gasteiger charge is -2.08. The lowest BCUT2D eigenvalue weighted by Crippen LogP contribution is -2.23. The van der Waals surface area contributed by atoms with E-state index in [4.69, 9.17) is 11.0 Å². The van der Waals surface area contributed by atoms with Gasteiger partial charge in [-0.3, -0.25) is 0 Å². The van der Waals surface area contributed by atoms with E-state index in [-0.39, 0.29) is 24.1 Å².